The SMILES string of the molecule is Cc1cc(C)nc(Sc2ccc(NC(=O)/C=C/c3ccccc3C#N)cc2)n1. The van der Waals surface area contributed by atoms with Crippen molar-refractivity contribution in [2.75, 3.05) is 5.32 Å². The lowest BCUT2D eigenvalue weighted by molar-refractivity contribution is -0.111. The first-order valence-electron chi connectivity index (χ1n) is 8.62. The van der Waals surface area contributed by atoms with Gasteiger partial charge in [-0.2, -0.15) is 5.26 Å². The van der Waals surface area contributed by atoms with E-state index in [1.54, 1.807) is 24.3 Å². The number of hydrogen-bond acceptors (Lipinski definition) is 5. The zero-order valence-electron chi connectivity index (χ0n) is 15.5. The van der Waals surface area contributed by atoms with Crippen LogP contribution in [0, 0.1) is 25.2 Å². The molecule has 0 saturated heterocycles. The monoisotopic (exact) mass is 386 g/mol. The minimum Gasteiger partial charge on any atom is -0.323 e. The number of carbonyl (C=O) groups excluding carboxylic acids is 1. The van der Waals surface area contributed by atoms with Gasteiger partial charge in [-0.05, 0) is 73.6 Å². The summed E-state index contributed by atoms with van der Waals surface area (Å²) in [5.74, 6) is -0.259. The number of rotatable bonds is 5. The average molecular weight is 386 g/mol. The molecule has 0 atom stereocenters. The van der Waals surface area contributed by atoms with Gasteiger partial charge in [-0.1, -0.05) is 18.2 Å². The van der Waals surface area contributed by atoms with E-state index >= 15 is 0 Å². The Labute approximate surface area is 168 Å². The summed E-state index contributed by atoms with van der Waals surface area (Å²) < 4.78 is 0. The molecule has 3 rings (SSSR count). The number of nitrogens with zero attached hydrogens (tertiary/aromatic N) is 3. The Morgan fingerprint density at radius 2 is 1.75 bits per heavy atom. The van der Waals surface area contributed by atoms with E-state index in [-0.39, 0.29) is 5.91 Å². The average Bonchev–Trinajstić information content (AvgIpc) is 2.67. The smallest absolute Gasteiger partial charge is 0.248 e. The number of amides is 1. The maximum atomic E-state index is 12.1. The van der Waals surface area contributed by atoms with Crippen molar-refractivity contribution in [3.63, 3.8) is 0 Å². The number of aromatic nitrogens is 2. The van der Waals surface area contributed by atoms with Crippen molar-refractivity contribution < 1.29 is 4.79 Å². The Balaban J connectivity index is 1.63. The summed E-state index contributed by atoms with van der Waals surface area (Å²) in [4.78, 5) is 22.0. The van der Waals surface area contributed by atoms with Gasteiger partial charge in [-0.25, -0.2) is 9.97 Å². The Hall–Kier alpha value is -3.43. The van der Waals surface area contributed by atoms with Gasteiger partial charge in [0.05, 0.1) is 11.6 Å². The summed E-state index contributed by atoms with van der Waals surface area (Å²) >= 11 is 1.48. The molecular weight excluding hydrogens is 368 g/mol. The highest BCUT2D eigenvalue weighted by atomic mass is 32.2. The van der Waals surface area contributed by atoms with E-state index in [0.29, 0.717) is 22.0 Å². The molecule has 0 fully saturated rings. The standard InChI is InChI=1S/C22H18N4OS/c1-15-13-16(2)25-22(24-15)28-20-10-8-19(9-11-20)26-21(27)12-7-17-5-3-4-6-18(17)14-23/h3-13H,1-2H3,(H,26,27)/b12-7+. The summed E-state index contributed by atoms with van der Waals surface area (Å²) in [6, 6.07) is 18.7. The van der Waals surface area contributed by atoms with Crippen LogP contribution < -0.4 is 5.32 Å². The Bertz CT molecular complexity index is 1050. The topological polar surface area (TPSA) is 78.7 Å². The third-order valence-corrected chi connectivity index (χ3v) is 4.66. The second-order valence-corrected chi connectivity index (χ2v) is 7.12. The van der Waals surface area contributed by atoms with Gasteiger partial charge >= 0.3 is 0 Å². The molecule has 1 aromatic heterocycles. The second-order valence-electron chi connectivity index (χ2n) is 6.08. The van der Waals surface area contributed by atoms with Crippen LogP contribution in [-0.2, 0) is 4.79 Å². The van der Waals surface area contributed by atoms with Gasteiger partial charge in [0.2, 0.25) is 5.91 Å². The van der Waals surface area contributed by atoms with Crippen LogP contribution in [0.15, 0.2) is 70.7 Å². The first-order chi connectivity index (χ1) is 13.5. The summed E-state index contributed by atoms with van der Waals surface area (Å²) in [6.45, 7) is 3.89. The number of benzene rings is 2. The van der Waals surface area contributed by atoms with Gasteiger partial charge in [0.25, 0.3) is 0 Å². The highest BCUT2D eigenvalue weighted by molar-refractivity contribution is 7.99. The van der Waals surface area contributed by atoms with Gasteiger partial charge in [0.15, 0.2) is 5.16 Å². The summed E-state index contributed by atoms with van der Waals surface area (Å²) in [5, 5.41) is 12.6. The van der Waals surface area contributed by atoms with Crippen LogP contribution in [0.25, 0.3) is 6.08 Å². The first kappa shape index (κ1) is 19.3. The number of anilines is 1. The largest absolute Gasteiger partial charge is 0.323 e. The van der Waals surface area contributed by atoms with Crippen LogP contribution >= 0.6 is 11.8 Å². The number of nitriles is 1. The minimum atomic E-state index is -0.259. The van der Waals surface area contributed by atoms with Crippen molar-refractivity contribution >= 4 is 29.4 Å². The molecule has 28 heavy (non-hydrogen) atoms. The maximum Gasteiger partial charge on any atom is 0.248 e. The van der Waals surface area contributed by atoms with E-state index in [0.717, 1.165) is 16.3 Å². The van der Waals surface area contributed by atoms with Crippen molar-refractivity contribution in [2.24, 2.45) is 0 Å². The maximum absolute atomic E-state index is 12.1. The molecule has 2 aromatic carbocycles. The molecule has 0 spiro atoms. The van der Waals surface area contributed by atoms with E-state index < -0.39 is 0 Å². The molecule has 0 aliphatic heterocycles. The molecule has 1 heterocycles. The van der Waals surface area contributed by atoms with Gasteiger partial charge in [-0.3, -0.25) is 4.79 Å². The summed E-state index contributed by atoms with van der Waals surface area (Å²) in [7, 11) is 0. The van der Waals surface area contributed by atoms with E-state index in [9.17, 15) is 4.79 Å². The molecule has 1 N–H and O–H groups in total. The first-order valence-corrected chi connectivity index (χ1v) is 9.43. The molecule has 0 aliphatic carbocycles. The lowest BCUT2D eigenvalue weighted by atomic mass is 10.1. The van der Waals surface area contributed by atoms with Crippen molar-refractivity contribution in [1.29, 1.82) is 5.26 Å². The number of hydrogen-bond donors (Lipinski definition) is 1. The van der Waals surface area contributed by atoms with E-state index in [1.165, 1.54) is 17.8 Å². The Morgan fingerprint density at radius 1 is 1.07 bits per heavy atom. The van der Waals surface area contributed by atoms with E-state index in [1.807, 2.05) is 50.2 Å². The Kier molecular flexibility index (Phi) is 6.20. The molecule has 1 amide bonds. The molecule has 5 nitrogen and oxygen atoms in total. The highest BCUT2D eigenvalue weighted by Crippen LogP contribution is 2.26. The molecule has 0 radical (unpaired) electrons. The molecule has 138 valence electrons. The van der Waals surface area contributed by atoms with Crippen LogP contribution in [0.1, 0.15) is 22.5 Å². The molecule has 0 aliphatic rings. The summed E-state index contributed by atoms with van der Waals surface area (Å²) in [6.07, 6.45) is 3.05. The van der Waals surface area contributed by atoms with Crippen LogP contribution in [0.4, 0.5) is 5.69 Å². The van der Waals surface area contributed by atoms with Crippen molar-refractivity contribution in [3.05, 3.63) is 83.2 Å². The van der Waals surface area contributed by atoms with Crippen molar-refractivity contribution in [3.8, 4) is 6.07 Å². The molecular formula is C22H18N4OS. The number of nitrogens with one attached hydrogen (secondary N) is 1. The van der Waals surface area contributed by atoms with Crippen LogP contribution in [0.5, 0.6) is 0 Å². The molecule has 6 heteroatoms. The molecule has 3 aromatic rings. The van der Waals surface area contributed by atoms with Gasteiger partial charge in [0, 0.05) is 28.0 Å². The molecule has 0 saturated carbocycles. The fraction of sp³-hybridized carbons (Fsp3) is 0.0909. The second kappa shape index (κ2) is 8.98. The van der Waals surface area contributed by atoms with E-state index in [2.05, 4.69) is 21.4 Å². The molecule has 0 unspecified atom stereocenters. The number of aryl methyl sites for hydroxylation is 2. The van der Waals surface area contributed by atoms with Crippen molar-refractivity contribution in [2.45, 2.75) is 23.9 Å². The number of carbonyl (C=O) groups is 1. The quantitative estimate of drug-likeness (QED) is 0.505. The zero-order chi connectivity index (χ0) is 19.9. The van der Waals surface area contributed by atoms with Crippen LogP contribution in [0.3, 0.4) is 0 Å². The lowest BCUT2D eigenvalue weighted by Gasteiger charge is -2.05. The third kappa shape index (κ3) is 5.29. The fourth-order valence-corrected chi connectivity index (χ4v) is 3.41. The Morgan fingerprint density at radius 3 is 2.43 bits per heavy atom. The highest BCUT2D eigenvalue weighted by Gasteiger charge is 2.04. The van der Waals surface area contributed by atoms with Crippen LogP contribution in [-0.4, -0.2) is 15.9 Å². The predicted molar refractivity (Wildman–Crippen MR) is 111 cm³/mol. The van der Waals surface area contributed by atoms with Gasteiger partial charge in [0.1, 0.15) is 0 Å². The van der Waals surface area contributed by atoms with Gasteiger partial charge in [-0.15, -0.1) is 0 Å². The fourth-order valence-electron chi connectivity index (χ4n) is 2.54. The zero-order valence-corrected chi connectivity index (χ0v) is 16.3. The minimum absolute atomic E-state index is 0.259. The van der Waals surface area contributed by atoms with Crippen LogP contribution in [0.2, 0.25) is 0 Å². The van der Waals surface area contributed by atoms with E-state index in [4.69, 9.17) is 5.26 Å². The summed E-state index contributed by atoms with van der Waals surface area (Å²) in [5.41, 5.74) is 3.79. The third-order valence-electron chi connectivity index (χ3n) is 3.79. The van der Waals surface area contributed by atoms with Gasteiger partial charge < -0.3 is 5.32 Å². The van der Waals surface area contributed by atoms with Crippen molar-refractivity contribution in [1.82, 2.24) is 9.97 Å². The predicted octanol–water partition coefficient (Wildman–Crippen LogP) is 4.77. The molecule has 0 bridgehead atoms. The normalized spacial score (nSPS) is 10.6. The lowest BCUT2D eigenvalue weighted by Crippen LogP contribution is -2.07.